The van der Waals surface area contributed by atoms with Crippen molar-refractivity contribution in [2.75, 3.05) is 22.9 Å². The fourth-order valence-electron chi connectivity index (χ4n) is 11.1. The van der Waals surface area contributed by atoms with Crippen molar-refractivity contribution in [2.45, 2.75) is 146 Å². The molecule has 0 amide bonds. The summed E-state index contributed by atoms with van der Waals surface area (Å²) in [4.78, 5) is 5.41. The first-order valence-corrected chi connectivity index (χ1v) is 23.1. The Morgan fingerprint density at radius 1 is 0.654 bits per heavy atom. The molecule has 7 rings (SSSR count). The van der Waals surface area contributed by atoms with Crippen LogP contribution >= 0.6 is 30.1 Å². The number of rotatable bonds is 6. The van der Waals surface area contributed by atoms with E-state index in [1.165, 1.54) is 126 Å². The average molecular weight is 756 g/mol. The van der Waals surface area contributed by atoms with Gasteiger partial charge in [0.15, 0.2) is 0 Å². The van der Waals surface area contributed by atoms with E-state index in [4.69, 9.17) is 23.2 Å². The minimum Gasteiger partial charge on any atom is -0.325 e. The van der Waals surface area contributed by atoms with Crippen LogP contribution in [0, 0.1) is 41.5 Å². The second-order valence-electron chi connectivity index (χ2n) is 16.8. The maximum absolute atomic E-state index is 7.44. The summed E-state index contributed by atoms with van der Waals surface area (Å²) in [5.41, 5.74) is 19.9. The monoisotopic (exact) mass is 754 g/mol. The molecule has 278 valence electrons. The SMILES string of the molecule is Cc1cc(C)c(N2CCN(c3c(C)cc(C)cc3C)C2=C2CC(Cl)(Cl)CCC2P(=C=Cc2ccccc2)(C2CCCCC2)C2CCCCC2)c(C)c1. The Bertz CT molecular complexity index is 1750. The van der Waals surface area contributed by atoms with Gasteiger partial charge >= 0.3 is 0 Å². The number of nitrogens with zero attached hydrogens (tertiary/aromatic N) is 2. The summed E-state index contributed by atoms with van der Waals surface area (Å²) in [6.07, 6.45) is 18.5. The lowest BCUT2D eigenvalue weighted by molar-refractivity contribution is 0.472. The fourth-order valence-corrected chi connectivity index (χ4v) is 17.9. The Balaban J connectivity index is 1.57. The molecule has 1 saturated heterocycles. The molecule has 1 atom stereocenters. The van der Waals surface area contributed by atoms with Gasteiger partial charge < -0.3 is 9.80 Å². The van der Waals surface area contributed by atoms with Gasteiger partial charge in [-0.3, -0.25) is 0 Å². The number of hydrogen-bond acceptors (Lipinski definition) is 2. The molecule has 3 saturated carbocycles. The molecule has 0 bridgehead atoms. The molecule has 3 aliphatic carbocycles. The number of alkyl halides is 2. The molecule has 3 aromatic rings. The largest absolute Gasteiger partial charge is 0.325 e. The van der Waals surface area contributed by atoms with Gasteiger partial charge in [-0.2, -0.15) is 0 Å². The minimum atomic E-state index is -1.89. The lowest BCUT2D eigenvalue weighted by Crippen LogP contribution is -2.40. The standard InChI is InChI=1S/C47H61Cl2N2P/c1-33-28-35(3)44(36(4)29-33)50-25-26-51(45-37(5)30-34(2)31-38(45)6)46(50)42-32-47(48,49)24-22-43(42)52(40-18-12-8-13-19-40,41-20-14-9-15-21-41)27-23-39-16-10-7-11-17-39/h7,10-11,16-17,23,28-31,40-41,43H,8-9,12-15,18-22,24-26,32H2,1-6H3. The van der Waals surface area contributed by atoms with E-state index >= 15 is 0 Å². The second-order valence-corrected chi connectivity index (χ2v) is 22.5. The normalized spacial score (nSPS) is 21.8. The zero-order chi connectivity index (χ0) is 36.6. The van der Waals surface area contributed by atoms with Gasteiger partial charge in [-0.15, -0.1) is 28.7 Å². The number of halogens is 2. The fraction of sp³-hybridized carbons (Fsp3) is 0.532. The van der Waals surface area contributed by atoms with E-state index in [1.54, 1.807) is 0 Å². The van der Waals surface area contributed by atoms with Crippen LogP contribution in [0.2, 0.25) is 0 Å². The summed E-state index contributed by atoms with van der Waals surface area (Å²) in [5.74, 6) is 1.37. The Labute approximate surface area is 325 Å². The van der Waals surface area contributed by atoms with Crippen molar-refractivity contribution in [1.82, 2.24) is 0 Å². The van der Waals surface area contributed by atoms with Crippen molar-refractivity contribution in [3.8, 4) is 0 Å². The third-order valence-corrected chi connectivity index (χ3v) is 19.2. The predicted octanol–water partition coefficient (Wildman–Crippen LogP) is 13.6. The summed E-state index contributed by atoms with van der Waals surface area (Å²) in [6.45, 7) is 13.7. The molecule has 4 aliphatic rings. The smallest absolute Gasteiger partial charge is 0.122 e. The van der Waals surface area contributed by atoms with Gasteiger partial charge in [-0.1, -0.05) is 111 Å². The molecule has 0 aromatic heterocycles. The molecular weight excluding hydrogens is 694 g/mol. The molecule has 3 aromatic carbocycles. The molecule has 1 heterocycles. The van der Waals surface area contributed by atoms with Crippen molar-refractivity contribution < 1.29 is 0 Å². The van der Waals surface area contributed by atoms with E-state index in [9.17, 15) is 0 Å². The third kappa shape index (κ3) is 7.50. The highest BCUT2D eigenvalue weighted by molar-refractivity contribution is 7.76. The predicted molar refractivity (Wildman–Crippen MR) is 232 cm³/mol. The maximum Gasteiger partial charge on any atom is 0.122 e. The summed E-state index contributed by atoms with van der Waals surface area (Å²) < 4.78 is -0.786. The van der Waals surface area contributed by atoms with Crippen LogP contribution < -0.4 is 9.80 Å². The first-order chi connectivity index (χ1) is 25.0. The first kappa shape index (κ1) is 38.0. The van der Waals surface area contributed by atoms with Crippen LogP contribution in [0.4, 0.5) is 11.4 Å². The van der Waals surface area contributed by atoms with E-state index in [1.807, 2.05) is 0 Å². The molecule has 0 N–H and O–H groups in total. The summed E-state index contributed by atoms with van der Waals surface area (Å²) in [5, 5.41) is 0. The van der Waals surface area contributed by atoms with E-state index in [0.29, 0.717) is 23.4 Å². The Morgan fingerprint density at radius 3 is 1.58 bits per heavy atom. The second kappa shape index (κ2) is 15.8. The van der Waals surface area contributed by atoms with Gasteiger partial charge in [0.25, 0.3) is 0 Å². The highest BCUT2D eigenvalue weighted by atomic mass is 35.5. The van der Waals surface area contributed by atoms with Crippen molar-refractivity contribution >= 4 is 53.0 Å². The highest BCUT2D eigenvalue weighted by Gasteiger charge is 2.50. The Kier molecular flexibility index (Phi) is 11.5. The molecule has 1 aliphatic heterocycles. The van der Waals surface area contributed by atoms with Gasteiger partial charge in [-0.05, 0) is 131 Å². The molecule has 4 fully saturated rings. The molecule has 52 heavy (non-hydrogen) atoms. The molecule has 5 heteroatoms. The van der Waals surface area contributed by atoms with Crippen LogP contribution in [0.3, 0.4) is 0 Å². The van der Waals surface area contributed by atoms with E-state index < -0.39 is 11.2 Å². The summed E-state index contributed by atoms with van der Waals surface area (Å²) in [7, 11) is 0. The maximum atomic E-state index is 7.44. The number of anilines is 2. The van der Waals surface area contributed by atoms with E-state index in [2.05, 4.69) is 117 Å². The Hall–Kier alpha value is -2.34. The summed E-state index contributed by atoms with van der Waals surface area (Å²) in [6, 6.07) is 20.6. The van der Waals surface area contributed by atoms with Crippen molar-refractivity contribution in [1.29, 1.82) is 0 Å². The molecule has 0 spiro atoms. The van der Waals surface area contributed by atoms with E-state index in [0.717, 1.165) is 25.9 Å². The number of allylic oxidation sites excluding steroid dienone is 1. The Morgan fingerprint density at radius 2 is 1.12 bits per heavy atom. The van der Waals surface area contributed by atoms with Gasteiger partial charge in [0.2, 0.25) is 0 Å². The van der Waals surface area contributed by atoms with Crippen LogP contribution in [0.5, 0.6) is 0 Å². The van der Waals surface area contributed by atoms with Gasteiger partial charge in [0.05, 0.1) is 0 Å². The topological polar surface area (TPSA) is 6.48 Å². The minimum absolute atomic E-state index is 0.416. The zero-order valence-electron chi connectivity index (χ0n) is 32.7. The quantitative estimate of drug-likeness (QED) is 0.183. The molecule has 2 nitrogen and oxygen atoms in total. The van der Waals surface area contributed by atoms with Gasteiger partial charge in [0, 0.05) is 36.5 Å². The number of benzene rings is 3. The molecule has 1 unspecified atom stereocenters. The van der Waals surface area contributed by atoms with E-state index in [-0.39, 0.29) is 0 Å². The van der Waals surface area contributed by atoms with Crippen LogP contribution in [0.25, 0.3) is 6.08 Å². The van der Waals surface area contributed by atoms with Crippen LogP contribution in [-0.4, -0.2) is 39.9 Å². The van der Waals surface area contributed by atoms with Crippen LogP contribution in [-0.2, 0) is 0 Å². The highest BCUT2D eigenvalue weighted by Crippen LogP contribution is 2.71. The first-order valence-electron chi connectivity index (χ1n) is 20.3. The lowest BCUT2D eigenvalue weighted by Gasteiger charge is -2.51. The van der Waals surface area contributed by atoms with Gasteiger partial charge in [0.1, 0.15) is 10.2 Å². The number of aryl methyl sites for hydroxylation is 6. The molecule has 0 radical (unpaired) electrons. The lowest BCUT2D eigenvalue weighted by atomic mass is 9.92. The van der Waals surface area contributed by atoms with Crippen LogP contribution in [0.15, 0.2) is 66.0 Å². The van der Waals surface area contributed by atoms with Crippen LogP contribution in [0.1, 0.15) is 122 Å². The average Bonchev–Trinajstić information content (AvgIpc) is 3.53. The van der Waals surface area contributed by atoms with Crippen molar-refractivity contribution in [3.05, 3.63) is 105 Å². The van der Waals surface area contributed by atoms with Crippen molar-refractivity contribution in [2.24, 2.45) is 0 Å². The molecular formula is C47H61Cl2N2P. The third-order valence-electron chi connectivity index (χ3n) is 12.9. The van der Waals surface area contributed by atoms with Crippen molar-refractivity contribution in [3.63, 3.8) is 0 Å². The summed E-state index contributed by atoms with van der Waals surface area (Å²) >= 11 is 14.9. The zero-order valence-corrected chi connectivity index (χ0v) is 35.1. The van der Waals surface area contributed by atoms with Gasteiger partial charge in [-0.25, -0.2) is 0 Å². The number of hydrogen-bond donors (Lipinski definition) is 0.